The Morgan fingerprint density at radius 2 is 2.19 bits per heavy atom. The summed E-state index contributed by atoms with van der Waals surface area (Å²) in [6, 6.07) is 7.73. The molecule has 2 aromatic rings. The molecule has 3 heteroatoms. The molecule has 0 N–H and O–H groups in total. The number of Topliss-reactive ketones (excluding diaryl/α,β-unsaturated/α-hetero) is 1. The predicted octanol–water partition coefficient (Wildman–Crippen LogP) is 4.24. The minimum atomic E-state index is 0.166. The molecular weight excluding hydrogens is 284 g/mol. The molecule has 1 aromatic heterocycles. The van der Waals surface area contributed by atoms with E-state index in [1.54, 1.807) is 11.3 Å². The third-order valence-electron chi connectivity index (χ3n) is 2.44. The Labute approximate surface area is 107 Å². The summed E-state index contributed by atoms with van der Waals surface area (Å²) in [6.45, 7) is 2.01. The van der Waals surface area contributed by atoms with E-state index in [9.17, 15) is 4.79 Å². The minimum Gasteiger partial charge on any atom is -0.294 e. The molecule has 16 heavy (non-hydrogen) atoms. The second-order valence-corrected chi connectivity index (χ2v) is 5.33. The van der Waals surface area contributed by atoms with Crippen LogP contribution in [-0.4, -0.2) is 5.78 Å². The standard InChI is InChI=1S/C13H11BrOS/c1-9-2-3-11(7-12(9)14)13(15)6-10-4-5-16-8-10/h2-5,7-8H,6H2,1H3. The highest BCUT2D eigenvalue weighted by Crippen LogP contribution is 2.19. The summed E-state index contributed by atoms with van der Waals surface area (Å²) >= 11 is 5.06. The molecule has 1 nitrogen and oxygen atoms in total. The zero-order chi connectivity index (χ0) is 11.5. The van der Waals surface area contributed by atoms with Gasteiger partial charge in [-0.05, 0) is 40.9 Å². The van der Waals surface area contributed by atoms with Crippen LogP contribution in [0.5, 0.6) is 0 Å². The summed E-state index contributed by atoms with van der Waals surface area (Å²) in [4.78, 5) is 12.0. The van der Waals surface area contributed by atoms with Gasteiger partial charge in [0.2, 0.25) is 0 Å². The topological polar surface area (TPSA) is 17.1 Å². The largest absolute Gasteiger partial charge is 0.294 e. The lowest BCUT2D eigenvalue weighted by Crippen LogP contribution is -2.02. The van der Waals surface area contributed by atoms with Gasteiger partial charge in [0.05, 0.1) is 0 Å². The molecule has 1 heterocycles. The molecule has 0 aliphatic rings. The van der Waals surface area contributed by atoms with E-state index in [1.807, 2.05) is 41.9 Å². The maximum absolute atomic E-state index is 12.0. The average Bonchev–Trinajstić information content (AvgIpc) is 2.74. The first kappa shape index (κ1) is 11.6. The minimum absolute atomic E-state index is 0.166. The number of carbonyl (C=O) groups is 1. The van der Waals surface area contributed by atoms with E-state index >= 15 is 0 Å². The van der Waals surface area contributed by atoms with Gasteiger partial charge in [-0.25, -0.2) is 0 Å². The molecule has 0 bridgehead atoms. The Morgan fingerprint density at radius 1 is 1.38 bits per heavy atom. The maximum atomic E-state index is 12.0. The number of thiophene rings is 1. The van der Waals surface area contributed by atoms with Gasteiger partial charge >= 0.3 is 0 Å². The molecule has 2 rings (SSSR count). The zero-order valence-corrected chi connectivity index (χ0v) is 11.3. The van der Waals surface area contributed by atoms with Gasteiger partial charge in [0.15, 0.2) is 5.78 Å². The van der Waals surface area contributed by atoms with Crippen LogP contribution in [0.2, 0.25) is 0 Å². The number of benzene rings is 1. The molecule has 0 radical (unpaired) electrons. The van der Waals surface area contributed by atoms with Crippen molar-refractivity contribution in [3.05, 3.63) is 56.2 Å². The molecule has 1 aromatic carbocycles. The summed E-state index contributed by atoms with van der Waals surface area (Å²) < 4.78 is 0.990. The monoisotopic (exact) mass is 294 g/mol. The molecule has 0 saturated carbocycles. The molecule has 0 atom stereocenters. The van der Waals surface area contributed by atoms with Crippen LogP contribution >= 0.6 is 27.3 Å². The second-order valence-electron chi connectivity index (χ2n) is 3.70. The van der Waals surface area contributed by atoms with Crippen molar-refractivity contribution >= 4 is 33.0 Å². The number of carbonyl (C=O) groups excluding carboxylic acids is 1. The summed E-state index contributed by atoms with van der Waals surface area (Å²) in [5.41, 5.74) is 3.00. The van der Waals surface area contributed by atoms with Crippen LogP contribution in [0.25, 0.3) is 0 Å². The lowest BCUT2D eigenvalue weighted by molar-refractivity contribution is 0.0993. The molecule has 0 spiro atoms. The van der Waals surface area contributed by atoms with Gasteiger partial charge in [-0.1, -0.05) is 28.1 Å². The lowest BCUT2D eigenvalue weighted by atomic mass is 10.0. The fourth-order valence-electron chi connectivity index (χ4n) is 1.45. The van der Waals surface area contributed by atoms with E-state index in [1.165, 1.54) is 0 Å². The van der Waals surface area contributed by atoms with Gasteiger partial charge in [-0.15, -0.1) is 0 Å². The molecule has 0 aliphatic carbocycles. The van der Waals surface area contributed by atoms with Gasteiger partial charge in [0.25, 0.3) is 0 Å². The Balaban J connectivity index is 2.18. The van der Waals surface area contributed by atoms with E-state index < -0.39 is 0 Å². The van der Waals surface area contributed by atoms with Crippen LogP contribution in [0.4, 0.5) is 0 Å². The number of hydrogen-bond acceptors (Lipinski definition) is 2. The first-order chi connectivity index (χ1) is 7.66. The van der Waals surface area contributed by atoms with Crippen molar-refractivity contribution in [1.29, 1.82) is 0 Å². The first-order valence-electron chi connectivity index (χ1n) is 4.97. The maximum Gasteiger partial charge on any atom is 0.167 e. The summed E-state index contributed by atoms with van der Waals surface area (Å²) in [7, 11) is 0. The highest BCUT2D eigenvalue weighted by Gasteiger charge is 2.08. The zero-order valence-electron chi connectivity index (χ0n) is 8.87. The Morgan fingerprint density at radius 3 is 2.81 bits per heavy atom. The fraction of sp³-hybridized carbons (Fsp3) is 0.154. The third kappa shape index (κ3) is 2.60. The Bertz CT molecular complexity index is 503. The molecule has 0 saturated heterocycles. The van der Waals surface area contributed by atoms with Crippen LogP contribution in [-0.2, 0) is 6.42 Å². The number of aryl methyl sites for hydroxylation is 1. The van der Waals surface area contributed by atoms with E-state index in [0.29, 0.717) is 6.42 Å². The van der Waals surface area contributed by atoms with Crippen molar-refractivity contribution in [2.24, 2.45) is 0 Å². The van der Waals surface area contributed by atoms with Crippen LogP contribution in [0.1, 0.15) is 21.5 Å². The van der Waals surface area contributed by atoms with Gasteiger partial charge in [-0.2, -0.15) is 11.3 Å². The first-order valence-corrected chi connectivity index (χ1v) is 6.71. The van der Waals surface area contributed by atoms with Crippen molar-refractivity contribution in [3.8, 4) is 0 Å². The fourth-order valence-corrected chi connectivity index (χ4v) is 2.49. The summed E-state index contributed by atoms with van der Waals surface area (Å²) in [5, 5.41) is 4.01. The average molecular weight is 295 g/mol. The van der Waals surface area contributed by atoms with E-state index in [2.05, 4.69) is 15.9 Å². The van der Waals surface area contributed by atoms with Crippen molar-refractivity contribution < 1.29 is 4.79 Å². The van der Waals surface area contributed by atoms with Crippen molar-refractivity contribution in [3.63, 3.8) is 0 Å². The molecule has 0 unspecified atom stereocenters. The van der Waals surface area contributed by atoms with Gasteiger partial charge in [0.1, 0.15) is 0 Å². The summed E-state index contributed by atoms with van der Waals surface area (Å²) in [6.07, 6.45) is 0.485. The second kappa shape index (κ2) is 4.93. The number of rotatable bonds is 3. The highest BCUT2D eigenvalue weighted by atomic mass is 79.9. The van der Waals surface area contributed by atoms with Gasteiger partial charge < -0.3 is 0 Å². The molecule has 0 aliphatic heterocycles. The SMILES string of the molecule is Cc1ccc(C(=O)Cc2ccsc2)cc1Br. The third-order valence-corrected chi connectivity index (χ3v) is 4.02. The van der Waals surface area contributed by atoms with E-state index in [4.69, 9.17) is 0 Å². The van der Waals surface area contributed by atoms with Crippen molar-refractivity contribution in [2.75, 3.05) is 0 Å². The Kier molecular flexibility index (Phi) is 3.56. The van der Waals surface area contributed by atoms with Crippen molar-refractivity contribution in [1.82, 2.24) is 0 Å². The van der Waals surface area contributed by atoms with Crippen LogP contribution < -0.4 is 0 Å². The molecule has 0 fully saturated rings. The molecule has 82 valence electrons. The smallest absolute Gasteiger partial charge is 0.167 e. The van der Waals surface area contributed by atoms with Gasteiger partial charge in [0, 0.05) is 16.5 Å². The van der Waals surface area contributed by atoms with Crippen molar-refractivity contribution in [2.45, 2.75) is 13.3 Å². The normalized spacial score (nSPS) is 10.4. The number of halogens is 1. The Hall–Kier alpha value is -0.930. The number of ketones is 1. The van der Waals surface area contributed by atoms with E-state index in [-0.39, 0.29) is 5.78 Å². The van der Waals surface area contributed by atoms with Crippen LogP contribution in [0.3, 0.4) is 0 Å². The van der Waals surface area contributed by atoms with Crippen LogP contribution in [0, 0.1) is 6.92 Å². The van der Waals surface area contributed by atoms with E-state index in [0.717, 1.165) is 21.2 Å². The predicted molar refractivity (Wildman–Crippen MR) is 71.2 cm³/mol. The van der Waals surface area contributed by atoms with Gasteiger partial charge in [-0.3, -0.25) is 4.79 Å². The molecule has 0 amide bonds. The lowest BCUT2D eigenvalue weighted by Gasteiger charge is -2.02. The number of hydrogen-bond donors (Lipinski definition) is 0. The highest BCUT2D eigenvalue weighted by molar-refractivity contribution is 9.10. The quantitative estimate of drug-likeness (QED) is 0.774. The molecular formula is C13H11BrOS. The summed E-state index contributed by atoms with van der Waals surface area (Å²) in [5.74, 6) is 0.166. The van der Waals surface area contributed by atoms with Crippen LogP contribution in [0.15, 0.2) is 39.5 Å².